The standard InChI is InChI=1S/C27H27N5O7S/c1-31(2)17-7-4-15(5-8-17)12-19(23(33)30-26-28-18(14-40-26)25(35)37-3)32-24(34)22(29-27(32)36)16-6-9-20-21(13-16)39-11-10-38-20/h4-9,13-14,19,22H,10-12H2,1-3H3,(H,29,36)(H,28,30,33)/t19-,22?/m0/s1. The average molecular weight is 566 g/mol. The van der Waals surface area contributed by atoms with E-state index in [2.05, 4.69) is 20.4 Å². The quantitative estimate of drug-likeness (QED) is 0.312. The summed E-state index contributed by atoms with van der Waals surface area (Å²) in [6, 6.07) is 9.55. The molecular formula is C27H27N5O7S. The summed E-state index contributed by atoms with van der Waals surface area (Å²) >= 11 is 1.03. The summed E-state index contributed by atoms with van der Waals surface area (Å²) in [4.78, 5) is 59.2. The normalized spacial score (nSPS) is 16.8. The lowest BCUT2D eigenvalue weighted by atomic mass is 10.0. The van der Waals surface area contributed by atoms with Gasteiger partial charge in [-0.05, 0) is 35.4 Å². The van der Waals surface area contributed by atoms with E-state index < -0.39 is 35.9 Å². The molecular weight excluding hydrogens is 538 g/mol. The highest BCUT2D eigenvalue weighted by Crippen LogP contribution is 2.35. The number of carbonyl (C=O) groups is 4. The second-order valence-corrected chi connectivity index (χ2v) is 10.2. The van der Waals surface area contributed by atoms with Gasteiger partial charge in [-0.2, -0.15) is 0 Å². The fourth-order valence-corrected chi connectivity index (χ4v) is 5.11. The van der Waals surface area contributed by atoms with Crippen molar-refractivity contribution in [3.05, 3.63) is 64.7 Å². The second-order valence-electron chi connectivity index (χ2n) is 9.29. The first-order valence-corrected chi connectivity index (χ1v) is 13.3. The molecule has 1 saturated heterocycles. The number of ether oxygens (including phenoxy) is 3. The molecule has 0 radical (unpaired) electrons. The van der Waals surface area contributed by atoms with Crippen molar-refractivity contribution in [3.63, 3.8) is 0 Å². The van der Waals surface area contributed by atoms with Gasteiger partial charge < -0.3 is 29.7 Å². The zero-order valence-corrected chi connectivity index (χ0v) is 22.8. The van der Waals surface area contributed by atoms with Gasteiger partial charge >= 0.3 is 12.0 Å². The molecule has 2 N–H and O–H groups in total. The Balaban J connectivity index is 1.43. The topological polar surface area (TPSA) is 139 Å². The molecule has 1 aromatic heterocycles. The predicted octanol–water partition coefficient (Wildman–Crippen LogP) is 2.61. The van der Waals surface area contributed by atoms with E-state index in [1.165, 1.54) is 12.5 Å². The van der Waals surface area contributed by atoms with Crippen molar-refractivity contribution in [3.8, 4) is 11.5 Å². The molecule has 208 valence electrons. The van der Waals surface area contributed by atoms with Gasteiger partial charge in [0.2, 0.25) is 5.91 Å². The molecule has 12 nitrogen and oxygen atoms in total. The second kappa shape index (κ2) is 11.2. The van der Waals surface area contributed by atoms with E-state index >= 15 is 0 Å². The van der Waals surface area contributed by atoms with Crippen molar-refractivity contribution in [1.29, 1.82) is 0 Å². The van der Waals surface area contributed by atoms with Crippen LogP contribution in [0.25, 0.3) is 0 Å². The van der Waals surface area contributed by atoms with Gasteiger partial charge in [-0.15, -0.1) is 11.3 Å². The van der Waals surface area contributed by atoms with Gasteiger partial charge in [-0.3, -0.25) is 9.59 Å². The average Bonchev–Trinajstić information content (AvgIpc) is 3.54. The van der Waals surface area contributed by atoms with Gasteiger partial charge in [0.1, 0.15) is 25.3 Å². The largest absolute Gasteiger partial charge is 0.486 e. The molecule has 2 atom stereocenters. The zero-order chi connectivity index (χ0) is 28.4. The summed E-state index contributed by atoms with van der Waals surface area (Å²) in [5.41, 5.74) is 2.23. The van der Waals surface area contributed by atoms with E-state index in [4.69, 9.17) is 9.47 Å². The van der Waals surface area contributed by atoms with Crippen LogP contribution in [0.4, 0.5) is 15.6 Å². The summed E-state index contributed by atoms with van der Waals surface area (Å²) in [5, 5.41) is 6.92. The number of imide groups is 1. The van der Waals surface area contributed by atoms with Gasteiger partial charge in [0.05, 0.1) is 7.11 Å². The number of thiazole rings is 1. The molecule has 3 aromatic rings. The molecule has 3 heterocycles. The van der Waals surface area contributed by atoms with Gasteiger partial charge in [0, 0.05) is 31.6 Å². The fourth-order valence-electron chi connectivity index (χ4n) is 4.43. The van der Waals surface area contributed by atoms with Crippen molar-refractivity contribution in [2.24, 2.45) is 0 Å². The first-order chi connectivity index (χ1) is 19.2. The van der Waals surface area contributed by atoms with Crippen LogP contribution in [0.3, 0.4) is 0 Å². The molecule has 2 aliphatic rings. The molecule has 0 saturated carbocycles. The van der Waals surface area contributed by atoms with Crippen LogP contribution in [0.1, 0.15) is 27.7 Å². The maximum absolute atomic E-state index is 13.7. The highest BCUT2D eigenvalue weighted by atomic mass is 32.1. The summed E-state index contributed by atoms with van der Waals surface area (Å²) in [5.74, 6) is -0.831. The van der Waals surface area contributed by atoms with Crippen LogP contribution >= 0.6 is 11.3 Å². The van der Waals surface area contributed by atoms with Crippen LogP contribution in [0.15, 0.2) is 47.8 Å². The van der Waals surface area contributed by atoms with Gasteiger partial charge in [-0.25, -0.2) is 19.5 Å². The molecule has 2 aliphatic heterocycles. The van der Waals surface area contributed by atoms with Crippen molar-refractivity contribution in [2.45, 2.75) is 18.5 Å². The molecule has 0 aliphatic carbocycles. The van der Waals surface area contributed by atoms with E-state index in [0.29, 0.717) is 30.3 Å². The highest BCUT2D eigenvalue weighted by Gasteiger charge is 2.45. The number of esters is 1. The first kappa shape index (κ1) is 26.9. The Morgan fingerprint density at radius 2 is 1.88 bits per heavy atom. The summed E-state index contributed by atoms with van der Waals surface area (Å²) in [7, 11) is 5.05. The number of carbonyl (C=O) groups excluding carboxylic acids is 4. The van der Waals surface area contributed by atoms with Crippen LogP contribution in [0.2, 0.25) is 0 Å². The Morgan fingerprint density at radius 1 is 1.15 bits per heavy atom. The Kier molecular flexibility index (Phi) is 7.56. The maximum atomic E-state index is 13.7. The van der Waals surface area contributed by atoms with Crippen molar-refractivity contribution < 1.29 is 33.4 Å². The van der Waals surface area contributed by atoms with E-state index in [1.807, 2.05) is 43.3 Å². The van der Waals surface area contributed by atoms with Crippen LogP contribution in [0.5, 0.6) is 11.5 Å². The van der Waals surface area contributed by atoms with Crippen LogP contribution in [-0.2, 0) is 20.7 Å². The number of benzene rings is 2. The first-order valence-electron chi connectivity index (χ1n) is 12.4. The smallest absolute Gasteiger partial charge is 0.357 e. The number of methoxy groups -OCH3 is 1. The number of nitrogens with one attached hydrogen (secondary N) is 2. The third-order valence-electron chi connectivity index (χ3n) is 6.50. The summed E-state index contributed by atoms with van der Waals surface area (Å²) in [6.07, 6.45) is 0.0573. The van der Waals surface area contributed by atoms with Crippen molar-refractivity contribution in [2.75, 3.05) is 44.6 Å². The third-order valence-corrected chi connectivity index (χ3v) is 7.25. The number of anilines is 2. The Bertz CT molecular complexity index is 1460. The molecule has 5 rings (SSSR count). The SMILES string of the molecule is COC(=O)c1csc(NC(=O)[C@H](Cc2ccc(N(C)C)cc2)N2C(=O)NC(c3ccc4c(c3)OCCO4)C2=O)n1. The number of hydrogen-bond acceptors (Lipinski definition) is 10. The Labute approximate surface area is 233 Å². The summed E-state index contributed by atoms with van der Waals surface area (Å²) < 4.78 is 15.9. The number of aromatic nitrogens is 1. The summed E-state index contributed by atoms with van der Waals surface area (Å²) in [6.45, 7) is 0.794. The maximum Gasteiger partial charge on any atom is 0.357 e. The van der Waals surface area contributed by atoms with Crippen molar-refractivity contribution >= 4 is 46.0 Å². The number of amides is 4. The Hall–Kier alpha value is -4.65. The number of fused-ring (bicyclic) bond motifs is 1. The molecule has 13 heteroatoms. The molecule has 0 spiro atoms. The van der Waals surface area contributed by atoms with Gasteiger partial charge in [-0.1, -0.05) is 18.2 Å². The lowest BCUT2D eigenvalue weighted by molar-refractivity contribution is -0.134. The lowest BCUT2D eigenvalue weighted by Gasteiger charge is -2.25. The van der Waals surface area contributed by atoms with Crippen molar-refractivity contribution in [1.82, 2.24) is 15.2 Å². The molecule has 4 amide bonds. The minimum absolute atomic E-state index is 0.0345. The van der Waals surface area contributed by atoms with E-state index in [1.54, 1.807) is 18.2 Å². The molecule has 0 bridgehead atoms. The van der Waals surface area contributed by atoms with E-state index in [9.17, 15) is 19.2 Å². The molecule has 1 unspecified atom stereocenters. The lowest BCUT2D eigenvalue weighted by Crippen LogP contribution is -2.49. The molecule has 40 heavy (non-hydrogen) atoms. The fraction of sp³-hybridized carbons (Fsp3) is 0.296. The number of nitrogens with zero attached hydrogens (tertiary/aromatic N) is 3. The number of rotatable bonds is 8. The predicted molar refractivity (Wildman–Crippen MR) is 146 cm³/mol. The Morgan fingerprint density at radius 3 is 2.58 bits per heavy atom. The van der Waals surface area contributed by atoms with E-state index in [-0.39, 0.29) is 17.2 Å². The van der Waals surface area contributed by atoms with Gasteiger partial charge in [0.15, 0.2) is 22.3 Å². The van der Waals surface area contributed by atoms with Crippen LogP contribution in [0, 0.1) is 0 Å². The highest BCUT2D eigenvalue weighted by molar-refractivity contribution is 7.14. The van der Waals surface area contributed by atoms with Gasteiger partial charge in [0.25, 0.3) is 5.91 Å². The third kappa shape index (κ3) is 5.41. The molecule has 1 fully saturated rings. The monoisotopic (exact) mass is 565 g/mol. The zero-order valence-electron chi connectivity index (χ0n) is 22.0. The molecule has 2 aromatic carbocycles. The number of urea groups is 1. The minimum Gasteiger partial charge on any atom is -0.486 e. The van der Waals surface area contributed by atoms with Crippen LogP contribution in [-0.4, -0.2) is 74.2 Å². The van der Waals surface area contributed by atoms with Crippen LogP contribution < -0.4 is 25.0 Å². The number of hydrogen-bond donors (Lipinski definition) is 2. The van der Waals surface area contributed by atoms with E-state index in [0.717, 1.165) is 27.5 Å². The minimum atomic E-state index is -1.20.